The fourth-order valence-electron chi connectivity index (χ4n) is 2.63. The number of amides is 1. The second kappa shape index (κ2) is 4.61. The largest absolute Gasteiger partial charge is 0.396 e. The minimum atomic E-state index is 0.0801. The van der Waals surface area contributed by atoms with Crippen molar-refractivity contribution < 1.29 is 9.90 Å². The van der Waals surface area contributed by atoms with E-state index in [0.717, 1.165) is 33.8 Å². The van der Waals surface area contributed by atoms with E-state index in [9.17, 15) is 4.79 Å². The maximum absolute atomic E-state index is 12.4. The van der Waals surface area contributed by atoms with Gasteiger partial charge in [0.05, 0.1) is 10.6 Å². The highest BCUT2D eigenvalue weighted by molar-refractivity contribution is 7.20. The fourth-order valence-corrected chi connectivity index (χ4v) is 3.72. The van der Waals surface area contributed by atoms with Gasteiger partial charge in [-0.2, -0.15) is 5.10 Å². The number of aliphatic hydroxyl groups excluding tert-OH is 1. The van der Waals surface area contributed by atoms with E-state index in [1.54, 1.807) is 0 Å². The first kappa shape index (κ1) is 12.6. The van der Waals surface area contributed by atoms with E-state index in [4.69, 9.17) is 5.11 Å². The number of aromatic nitrogens is 2. The van der Waals surface area contributed by atoms with Crippen molar-refractivity contribution in [3.63, 3.8) is 0 Å². The summed E-state index contributed by atoms with van der Waals surface area (Å²) in [6.07, 6.45) is 0.897. The Morgan fingerprint density at radius 2 is 2.42 bits per heavy atom. The number of aliphatic hydroxyl groups is 1. The van der Waals surface area contributed by atoms with Crippen molar-refractivity contribution in [1.29, 1.82) is 0 Å². The molecule has 1 atom stereocenters. The predicted molar refractivity (Wildman–Crippen MR) is 74.4 cm³/mol. The number of carbonyl (C=O) groups excluding carboxylic acids is 1. The Morgan fingerprint density at radius 1 is 1.63 bits per heavy atom. The molecule has 0 saturated carbocycles. The zero-order chi connectivity index (χ0) is 13.6. The number of likely N-dealkylation sites (tertiary alicyclic amines) is 1. The normalized spacial score (nSPS) is 19.5. The number of rotatable bonds is 2. The Labute approximate surface area is 115 Å². The summed E-state index contributed by atoms with van der Waals surface area (Å²) in [5.41, 5.74) is 0.961. The average Bonchev–Trinajstić information content (AvgIpc) is 3.08. The molecule has 0 radical (unpaired) electrons. The van der Waals surface area contributed by atoms with E-state index in [1.165, 1.54) is 11.3 Å². The van der Waals surface area contributed by atoms with Crippen molar-refractivity contribution in [2.75, 3.05) is 19.7 Å². The highest BCUT2D eigenvalue weighted by Crippen LogP contribution is 2.29. The Hall–Kier alpha value is -1.40. The van der Waals surface area contributed by atoms with Crippen molar-refractivity contribution in [3.8, 4) is 0 Å². The SMILES string of the molecule is Cc1nn(C)c2sc(C(=O)N3CCC(CO)C3)cc12. The summed E-state index contributed by atoms with van der Waals surface area (Å²) in [6, 6.07) is 1.94. The van der Waals surface area contributed by atoms with E-state index in [2.05, 4.69) is 5.10 Å². The van der Waals surface area contributed by atoms with Crippen molar-refractivity contribution in [3.05, 3.63) is 16.6 Å². The van der Waals surface area contributed by atoms with Gasteiger partial charge in [-0.15, -0.1) is 11.3 Å². The summed E-state index contributed by atoms with van der Waals surface area (Å²) < 4.78 is 1.83. The molecular formula is C13H17N3O2S. The molecule has 2 aromatic rings. The Bertz CT molecular complexity index is 597. The second-order valence-corrected chi connectivity index (χ2v) is 6.16. The van der Waals surface area contributed by atoms with Gasteiger partial charge in [0.1, 0.15) is 4.83 Å². The first-order valence-corrected chi connectivity index (χ1v) is 7.25. The number of fused-ring (bicyclic) bond motifs is 1. The van der Waals surface area contributed by atoms with Crippen LogP contribution in [0.2, 0.25) is 0 Å². The Balaban J connectivity index is 1.88. The van der Waals surface area contributed by atoms with Gasteiger partial charge < -0.3 is 10.0 Å². The molecule has 0 bridgehead atoms. The summed E-state index contributed by atoms with van der Waals surface area (Å²) in [4.78, 5) is 16.1. The highest BCUT2D eigenvalue weighted by atomic mass is 32.1. The summed E-state index contributed by atoms with van der Waals surface area (Å²) >= 11 is 1.50. The Kier molecular flexibility index (Phi) is 3.06. The van der Waals surface area contributed by atoms with Crippen molar-refractivity contribution in [2.24, 2.45) is 13.0 Å². The molecule has 1 N–H and O–H groups in total. The van der Waals surface area contributed by atoms with Crippen LogP contribution in [0, 0.1) is 12.8 Å². The lowest BCUT2D eigenvalue weighted by atomic mass is 10.1. The van der Waals surface area contributed by atoms with E-state index in [0.29, 0.717) is 6.54 Å². The third kappa shape index (κ3) is 2.04. The van der Waals surface area contributed by atoms with Gasteiger partial charge in [0, 0.05) is 38.0 Å². The van der Waals surface area contributed by atoms with Crippen molar-refractivity contribution in [2.45, 2.75) is 13.3 Å². The van der Waals surface area contributed by atoms with E-state index < -0.39 is 0 Å². The van der Waals surface area contributed by atoms with Gasteiger partial charge in [-0.05, 0) is 19.4 Å². The molecule has 1 fully saturated rings. The summed E-state index contributed by atoms with van der Waals surface area (Å²) in [6.45, 7) is 3.54. The van der Waals surface area contributed by atoms with Crippen LogP contribution < -0.4 is 0 Å². The first-order chi connectivity index (χ1) is 9.10. The summed E-state index contributed by atoms with van der Waals surface area (Å²) in [5.74, 6) is 0.318. The first-order valence-electron chi connectivity index (χ1n) is 6.43. The number of carbonyl (C=O) groups is 1. The summed E-state index contributed by atoms with van der Waals surface area (Å²) in [5, 5.41) is 14.5. The van der Waals surface area contributed by atoms with Crippen LogP contribution in [0.15, 0.2) is 6.07 Å². The molecule has 2 aromatic heterocycles. The molecular weight excluding hydrogens is 262 g/mol. The van der Waals surface area contributed by atoms with Gasteiger partial charge >= 0.3 is 0 Å². The smallest absolute Gasteiger partial charge is 0.264 e. The van der Waals surface area contributed by atoms with Crippen LogP contribution >= 0.6 is 11.3 Å². The van der Waals surface area contributed by atoms with E-state index in [1.807, 2.05) is 29.6 Å². The van der Waals surface area contributed by atoms with Crippen LogP contribution in [-0.4, -0.2) is 45.4 Å². The number of hydrogen-bond acceptors (Lipinski definition) is 4. The minimum Gasteiger partial charge on any atom is -0.396 e. The quantitative estimate of drug-likeness (QED) is 0.904. The standard InChI is InChI=1S/C13H17N3O2S/c1-8-10-5-11(19-13(10)15(2)14-8)12(18)16-4-3-9(6-16)7-17/h5,9,17H,3-4,6-7H2,1-2H3. The number of nitrogens with zero attached hydrogens (tertiary/aromatic N) is 3. The molecule has 0 aliphatic carbocycles. The molecule has 1 unspecified atom stereocenters. The lowest BCUT2D eigenvalue weighted by Gasteiger charge is -2.14. The molecule has 19 heavy (non-hydrogen) atoms. The molecule has 1 aliphatic heterocycles. The molecule has 3 rings (SSSR count). The van der Waals surface area contributed by atoms with Crippen molar-refractivity contribution in [1.82, 2.24) is 14.7 Å². The third-order valence-electron chi connectivity index (χ3n) is 3.74. The van der Waals surface area contributed by atoms with Gasteiger partial charge in [0.2, 0.25) is 0 Å². The predicted octanol–water partition coefficient (Wildman–Crippen LogP) is 1.40. The maximum Gasteiger partial charge on any atom is 0.264 e. The molecule has 102 valence electrons. The number of hydrogen-bond donors (Lipinski definition) is 1. The van der Waals surface area contributed by atoms with Gasteiger partial charge in [-0.1, -0.05) is 0 Å². The van der Waals surface area contributed by atoms with Crippen molar-refractivity contribution >= 4 is 27.5 Å². The second-order valence-electron chi connectivity index (χ2n) is 5.13. The van der Waals surface area contributed by atoms with Gasteiger partial charge in [0.15, 0.2) is 0 Å². The highest BCUT2D eigenvalue weighted by Gasteiger charge is 2.27. The maximum atomic E-state index is 12.4. The molecule has 1 aliphatic rings. The lowest BCUT2D eigenvalue weighted by Crippen LogP contribution is -2.28. The van der Waals surface area contributed by atoms with Gasteiger partial charge in [0.25, 0.3) is 5.91 Å². The average molecular weight is 279 g/mol. The number of thiophene rings is 1. The monoisotopic (exact) mass is 279 g/mol. The van der Waals surface area contributed by atoms with E-state index >= 15 is 0 Å². The third-order valence-corrected chi connectivity index (χ3v) is 4.93. The minimum absolute atomic E-state index is 0.0801. The molecule has 5 nitrogen and oxygen atoms in total. The van der Waals surface area contributed by atoms with Crippen LogP contribution in [0.1, 0.15) is 21.8 Å². The van der Waals surface area contributed by atoms with E-state index in [-0.39, 0.29) is 18.4 Å². The fraction of sp³-hybridized carbons (Fsp3) is 0.538. The summed E-state index contributed by atoms with van der Waals surface area (Å²) in [7, 11) is 1.90. The van der Waals surface area contributed by atoms with Crippen LogP contribution in [0.5, 0.6) is 0 Å². The lowest BCUT2D eigenvalue weighted by molar-refractivity contribution is 0.0786. The Morgan fingerprint density at radius 3 is 3.05 bits per heavy atom. The molecule has 1 saturated heterocycles. The zero-order valence-electron chi connectivity index (χ0n) is 11.1. The van der Waals surface area contributed by atoms with Gasteiger partial charge in [-0.3, -0.25) is 9.48 Å². The number of aryl methyl sites for hydroxylation is 2. The molecule has 1 amide bonds. The van der Waals surface area contributed by atoms with Gasteiger partial charge in [-0.25, -0.2) is 0 Å². The zero-order valence-corrected chi connectivity index (χ0v) is 11.9. The topological polar surface area (TPSA) is 58.4 Å². The molecule has 0 spiro atoms. The van der Waals surface area contributed by atoms with Crippen LogP contribution in [0.4, 0.5) is 0 Å². The molecule has 0 aromatic carbocycles. The molecule has 3 heterocycles. The van der Waals surface area contributed by atoms with Crippen LogP contribution in [-0.2, 0) is 7.05 Å². The van der Waals surface area contributed by atoms with Crippen LogP contribution in [0.3, 0.4) is 0 Å². The molecule has 6 heteroatoms. The van der Waals surface area contributed by atoms with Crippen LogP contribution in [0.25, 0.3) is 10.2 Å².